The monoisotopic (exact) mass is 166 g/mol. The summed E-state index contributed by atoms with van der Waals surface area (Å²) in [7, 11) is 0. The highest BCUT2D eigenvalue weighted by Gasteiger charge is 1.90. The van der Waals surface area contributed by atoms with E-state index in [9.17, 15) is 0 Å². The van der Waals surface area contributed by atoms with Gasteiger partial charge in [0, 0.05) is 0 Å². The molecule has 11 heavy (non-hydrogen) atoms. The number of thioether (sulfide) groups is 1. The van der Waals surface area contributed by atoms with Gasteiger partial charge in [-0.15, -0.1) is 0 Å². The Balaban J connectivity index is 2.52. The van der Waals surface area contributed by atoms with E-state index in [-0.39, 0.29) is 0 Å². The number of benzene rings is 1. The quantitative estimate of drug-likeness (QED) is 0.665. The predicted octanol–water partition coefficient (Wildman–Crippen LogP) is 2.90. The van der Waals surface area contributed by atoms with E-state index >= 15 is 0 Å². The van der Waals surface area contributed by atoms with Crippen LogP contribution >= 0.6 is 11.8 Å². The molecule has 0 aromatic heterocycles. The van der Waals surface area contributed by atoms with Crippen molar-refractivity contribution in [3.63, 3.8) is 0 Å². The molecule has 1 aromatic rings. The normalized spacial score (nSPS) is 10.0. The van der Waals surface area contributed by atoms with Crippen LogP contribution in [-0.2, 0) is 6.42 Å². The third kappa shape index (κ3) is 2.98. The highest BCUT2D eigenvalue weighted by molar-refractivity contribution is 7.98. The zero-order valence-electron chi connectivity index (χ0n) is 7.13. The summed E-state index contributed by atoms with van der Waals surface area (Å²) in [6, 6.07) is 8.78. The first-order chi connectivity index (χ1) is 5.33. The third-order valence-corrected chi connectivity index (χ3v) is 2.33. The summed E-state index contributed by atoms with van der Waals surface area (Å²) in [6.45, 7) is 2.12. The van der Waals surface area contributed by atoms with E-state index in [2.05, 4.69) is 37.4 Å². The number of hydrogen-bond donors (Lipinski definition) is 0. The summed E-state index contributed by atoms with van der Waals surface area (Å²) in [5.41, 5.74) is 2.79. The van der Waals surface area contributed by atoms with E-state index in [4.69, 9.17) is 0 Å². The predicted molar refractivity (Wildman–Crippen MR) is 53.3 cm³/mol. The maximum Gasteiger partial charge on any atom is -0.00298 e. The van der Waals surface area contributed by atoms with Crippen molar-refractivity contribution in [2.75, 3.05) is 12.0 Å². The molecule has 1 rings (SSSR count). The van der Waals surface area contributed by atoms with Crippen molar-refractivity contribution in [1.29, 1.82) is 0 Å². The second kappa shape index (κ2) is 4.45. The zero-order valence-corrected chi connectivity index (χ0v) is 7.95. The smallest absolute Gasteiger partial charge is 0.00298 e. The number of hydrogen-bond acceptors (Lipinski definition) is 1. The Morgan fingerprint density at radius 1 is 1.18 bits per heavy atom. The summed E-state index contributed by atoms with van der Waals surface area (Å²) < 4.78 is 0. The van der Waals surface area contributed by atoms with Crippen LogP contribution in [0.4, 0.5) is 0 Å². The first-order valence-corrected chi connectivity index (χ1v) is 5.27. The molecular weight excluding hydrogens is 152 g/mol. The first-order valence-electron chi connectivity index (χ1n) is 3.87. The highest BCUT2D eigenvalue weighted by atomic mass is 32.2. The van der Waals surface area contributed by atoms with Gasteiger partial charge >= 0.3 is 0 Å². The van der Waals surface area contributed by atoms with Gasteiger partial charge in [-0.3, -0.25) is 0 Å². The van der Waals surface area contributed by atoms with E-state index in [1.165, 1.54) is 23.3 Å². The molecule has 0 saturated carbocycles. The fraction of sp³-hybridized carbons (Fsp3) is 0.400. The maximum atomic E-state index is 2.21. The average molecular weight is 166 g/mol. The van der Waals surface area contributed by atoms with Gasteiger partial charge in [-0.05, 0) is 30.9 Å². The van der Waals surface area contributed by atoms with Crippen molar-refractivity contribution in [2.45, 2.75) is 13.3 Å². The zero-order chi connectivity index (χ0) is 8.10. The molecule has 0 nitrogen and oxygen atoms in total. The molecule has 0 aliphatic carbocycles. The summed E-state index contributed by atoms with van der Waals surface area (Å²) in [6.07, 6.45) is 3.34. The third-order valence-electron chi connectivity index (χ3n) is 1.72. The molecule has 0 N–H and O–H groups in total. The molecule has 0 heterocycles. The van der Waals surface area contributed by atoms with Crippen molar-refractivity contribution >= 4 is 11.8 Å². The van der Waals surface area contributed by atoms with Gasteiger partial charge in [0.05, 0.1) is 0 Å². The molecule has 0 bridgehead atoms. The topological polar surface area (TPSA) is 0 Å². The molecule has 1 heteroatoms. The highest BCUT2D eigenvalue weighted by Crippen LogP contribution is 2.06. The number of rotatable bonds is 3. The summed E-state index contributed by atoms with van der Waals surface area (Å²) in [5.74, 6) is 1.23. The maximum absolute atomic E-state index is 2.21. The van der Waals surface area contributed by atoms with Gasteiger partial charge in [-0.25, -0.2) is 0 Å². The molecular formula is C10H14S. The van der Waals surface area contributed by atoms with Crippen molar-refractivity contribution in [1.82, 2.24) is 0 Å². The SMILES string of the molecule is CSCCc1ccc(C)cc1. The Labute approximate surface area is 73.0 Å². The molecule has 0 aliphatic rings. The molecule has 0 aliphatic heterocycles. The summed E-state index contributed by atoms with van der Waals surface area (Å²) in [4.78, 5) is 0. The molecule has 0 saturated heterocycles. The standard InChI is InChI=1S/C10H14S/c1-9-3-5-10(6-4-9)7-8-11-2/h3-6H,7-8H2,1-2H3. The van der Waals surface area contributed by atoms with Crippen LogP contribution in [0, 0.1) is 6.92 Å². The molecule has 60 valence electrons. The first kappa shape index (κ1) is 8.66. The average Bonchev–Trinajstić information content (AvgIpc) is 2.04. The van der Waals surface area contributed by atoms with E-state index in [1.807, 2.05) is 11.8 Å². The Kier molecular flexibility index (Phi) is 3.50. The van der Waals surface area contributed by atoms with E-state index in [0.29, 0.717) is 0 Å². The van der Waals surface area contributed by atoms with Crippen LogP contribution in [0.15, 0.2) is 24.3 Å². The minimum atomic E-state index is 1.20. The van der Waals surface area contributed by atoms with Crippen LogP contribution in [-0.4, -0.2) is 12.0 Å². The molecule has 1 aromatic carbocycles. The molecule has 0 fully saturated rings. The second-order valence-corrected chi connectivity index (χ2v) is 3.71. The van der Waals surface area contributed by atoms with E-state index < -0.39 is 0 Å². The van der Waals surface area contributed by atoms with Gasteiger partial charge in [0.25, 0.3) is 0 Å². The lowest BCUT2D eigenvalue weighted by Crippen LogP contribution is -1.86. The molecule has 0 unspecified atom stereocenters. The van der Waals surface area contributed by atoms with Crippen LogP contribution in [0.2, 0.25) is 0 Å². The lowest BCUT2D eigenvalue weighted by molar-refractivity contribution is 1.15. The molecule has 0 radical (unpaired) electrons. The lowest BCUT2D eigenvalue weighted by Gasteiger charge is -1.98. The molecule has 0 amide bonds. The van der Waals surface area contributed by atoms with E-state index in [1.54, 1.807) is 0 Å². The largest absolute Gasteiger partial charge is 0.165 e. The van der Waals surface area contributed by atoms with Crippen LogP contribution in [0.5, 0.6) is 0 Å². The Morgan fingerprint density at radius 2 is 1.82 bits per heavy atom. The van der Waals surface area contributed by atoms with Crippen molar-refractivity contribution in [2.24, 2.45) is 0 Å². The van der Waals surface area contributed by atoms with Crippen LogP contribution in [0.3, 0.4) is 0 Å². The fourth-order valence-corrected chi connectivity index (χ4v) is 1.41. The summed E-state index contributed by atoms with van der Waals surface area (Å²) in [5, 5.41) is 0. The lowest BCUT2D eigenvalue weighted by atomic mass is 10.1. The van der Waals surface area contributed by atoms with Crippen molar-refractivity contribution in [3.8, 4) is 0 Å². The van der Waals surface area contributed by atoms with Gasteiger partial charge in [0.2, 0.25) is 0 Å². The second-order valence-electron chi connectivity index (χ2n) is 2.73. The Morgan fingerprint density at radius 3 is 2.36 bits per heavy atom. The fourth-order valence-electron chi connectivity index (χ4n) is 0.975. The Bertz CT molecular complexity index is 201. The van der Waals surface area contributed by atoms with Crippen LogP contribution in [0.1, 0.15) is 11.1 Å². The van der Waals surface area contributed by atoms with Crippen molar-refractivity contribution < 1.29 is 0 Å². The van der Waals surface area contributed by atoms with Crippen LogP contribution < -0.4 is 0 Å². The van der Waals surface area contributed by atoms with Gasteiger partial charge < -0.3 is 0 Å². The minimum Gasteiger partial charge on any atom is -0.165 e. The van der Waals surface area contributed by atoms with Gasteiger partial charge in [0.15, 0.2) is 0 Å². The number of aryl methyl sites for hydroxylation is 2. The molecule has 0 atom stereocenters. The van der Waals surface area contributed by atoms with Gasteiger partial charge in [-0.1, -0.05) is 29.8 Å². The van der Waals surface area contributed by atoms with Gasteiger partial charge in [0.1, 0.15) is 0 Å². The minimum absolute atomic E-state index is 1.20. The Hall–Kier alpha value is -0.430. The van der Waals surface area contributed by atoms with Crippen molar-refractivity contribution in [3.05, 3.63) is 35.4 Å². The van der Waals surface area contributed by atoms with E-state index in [0.717, 1.165) is 0 Å². The summed E-state index contributed by atoms with van der Waals surface area (Å²) >= 11 is 1.90. The molecule has 0 spiro atoms. The van der Waals surface area contributed by atoms with Crippen LogP contribution in [0.25, 0.3) is 0 Å². The van der Waals surface area contributed by atoms with Gasteiger partial charge in [-0.2, -0.15) is 11.8 Å².